The zero-order chi connectivity index (χ0) is 16.1. The molecule has 120 valence electrons. The van der Waals surface area contributed by atoms with E-state index in [1.54, 1.807) is 0 Å². The number of anilines is 1. The summed E-state index contributed by atoms with van der Waals surface area (Å²) in [6.07, 6.45) is 3.70. The first-order chi connectivity index (χ1) is 11.8. The van der Waals surface area contributed by atoms with Crippen LogP contribution < -0.4 is 14.8 Å². The molecule has 0 saturated heterocycles. The molecule has 24 heavy (non-hydrogen) atoms. The predicted octanol–water partition coefficient (Wildman–Crippen LogP) is 3.57. The zero-order valence-corrected chi connectivity index (χ0v) is 13.0. The minimum Gasteiger partial charge on any atom is -0.454 e. The summed E-state index contributed by atoms with van der Waals surface area (Å²) < 4.78 is 10.7. The second kappa shape index (κ2) is 4.77. The highest BCUT2D eigenvalue weighted by molar-refractivity contribution is 6.04. The molecule has 0 unspecified atom stereocenters. The van der Waals surface area contributed by atoms with Crippen LogP contribution in [0.4, 0.5) is 5.69 Å². The van der Waals surface area contributed by atoms with Gasteiger partial charge >= 0.3 is 0 Å². The summed E-state index contributed by atoms with van der Waals surface area (Å²) in [7, 11) is 0. The molecule has 2 aliphatic rings. The molecule has 5 nitrogen and oxygen atoms in total. The van der Waals surface area contributed by atoms with Crippen molar-refractivity contribution in [1.82, 2.24) is 4.98 Å². The summed E-state index contributed by atoms with van der Waals surface area (Å²) in [5, 5.41) is 4.16. The van der Waals surface area contributed by atoms with Gasteiger partial charge in [0, 0.05) is 28.9 Å². The summed E-state index contributed by atoms with van der Waals surface area (Å²) in [5.74, 6) is 1.42. The summed E-state index contributed by atoms with van der Waals surface area (Å²) in [4.78, 5) is 16.2. The van der Waals surface area contributed by atoms with E-state index >= 15 is 0 Å². The average Bonchev–Trinajstić information content (AvgIpc) is 3.08. The molecule has 1 fully saturated rings. The van der Waals surface area contributed by atoms with Gasteiger partial charge in [-0.25, -0.2) is 0 Å². The van der Waals surface area contributed by atoms with Crippen LogP contribution in [0.3, 0.4) is 0 Å². The second-order valence-electron chi connectivity index (χ2n) is 6.35. The van der Waals surface area contributed by atoms with Crippen LogP contribution in [-0.4, -0.2) is 17.7 Å². The smallest absolute Gasteiger partial charge is 0.235 e. The number of nitrogens with one attached hydrogen (secondary N) is 2. The van der Waals surface area contributed by atoms with E-state index in [0.29, 0.717) is 11.5 Å². The second-order valence-corrected chi connectivity index (χ2v) is 6.35. The van der Waals surface area contributed by atoms with Crippen LogP contribution in [0.2, 0.25) is 0 Å². The van der Waals surface area contributed by atoms with Crippen LogP contribution >= 0.6 is 0 Å². The molecule has 1 aliphatic heterocycles. The van der Waals surface area contributed by atoms with Crippen molar-refractivity contribution in [2.45, 2.75) is 18.3 Å². The first kappa shape index (κ1) is 13.5. The maximum absolute atomic E-state index is 12.9. The van der Waals surface area contributed by atoms with Crippen molar-refractivity contribution < 1.29 is 14.3 Å². The summed E-state index contributed by atoms with van der Waals surface area (Å²) in [6.45, 7) is 0.228. The molecular formula is C19H16N2O3. The van der Waals surface area contributed by atoms with Gasteiger partial charge in [-0.3, -0.25) is 4.79 Å². The number of amides is 1. The molecular weight excluding hydrogens is 304 g/mol. The van der Waals surface area contributed by atoms with Gasteiger partial charge in [-0.15, -0.1) is 0 Å². The lowest BCUT2D eigenvalue weighted by Crippen LogP contribution is -2.27. The summed E-state index contributed by atoms with van der Waals surface area (Å²) in [6, 6.07) is 13.6. The SMILES string of the molecule is O=C(Nc1ccc2c(c1)OCO2)C1(c2c[nH]c3ccccc23)CC1. The third-order valence-electron chi connectivity index (χ3n) is 4.92. The van der Waals surface area contributed by atoms with Crippen LogP contribution in [-0.2, 0) is 10.2 Å². The molecule has 1 saturated carbocycles. The number of aromatic amines is 1. The Morgan fingerprint density at radius 2 is 1.92 bits per heavy atom. The molecule has 1 aromatic heterocycles. The molecule has 5 heteroatoms. The number of rotatable bonds is 3. The van der Waals surface area contributed by atoms with Crippen LogP contribution in [0.15, 0.2) is 48.7 Å². The van der Waals surface area contributed by atoms with E-state index < -0.39 is 5.41 Å². The number of benzene rings is 2. The van der Waals surface area contributed by atoms with Gasteiger partial charge in [-0.1, -0.05) is 18.2 Å². The maximum Gasteiger partial charge on any atom is 0.235 e. The van der Waals surface area contributed by atoms with Gasteiger partial charge in [-0.2, -0.15) is 0 Å². The molecule has 1 amide bonds. The number of ether oxygens (including phenoxy) is 2. The molecule has 0 bridgehead atoms. The number of aromatic nitrogens is 1. The summed E-state index contributed by atoms with van der Waals surface area (Å²) in [5.41, 5.74) is 2.44. The van der Waals surface area contributed by atoms with E-state index in [0.717, 1.165) is 35.0 Å². The standard InChI is InChI=1S/C19H16N2O3/c22-18(21-12-5-6-16-17(9-12)24-11-23-16)19(7-8-19)14-10-20-15-4-2-1-3-13(14)15/h1-6,9-10,20H,7-8,11H2,(H,21,22). The highest BCUT2D eigenvalue weighted by atomic mass is 16.7. The van der Waals surface area contributed by atoms with Crippen molar-refractivity contribution in [1.29, 1.82) is 0 Å². The molecule has 5 rings (SSSR count). The van der Waals surface area contributed by atoms with E-state index in [1.807, 2.05) is 42.6 Å². The Morgan fingerprint density at radius 3 is 2.79 bits per heavy atom. The number of para-hydroxylation sites is 1. The molecule has 0 spiro atoms. The Morgan fingerprint density at radius 1 is 1.08 bits per heavy atom. The first-order valence-corrected chi connectivity index (χ1v) is 8.04. The number of hydrogen-bond donors (Lipinski definition) is 2. The molecule has 2 aromatic carbocycles. The Labute approximate surface area is 138 Å². The minimum atomic E-state index is -0.435. The molecule has 0 atom stereocenters. The van der Waals surface area contributed by atoms with Crippen molar-refractivity contribution in [3.63, 3.8) is 0 Å². The largest absolute Gasteiger partial charge is 0.454 e. The quantitative estimate of drug-likeness (QED) is 0.775. The number of carbonyl (C=O) groups excluding carboxylic acids is 1. The topological polar surface area (TPSA) is 63.4 Å². The zero-order valence-electron chi connectivity index (χ0n) is 13.0. The fourth-order valence-corrected chi connectivity index (χ4v) is 3.44. The highest BCUT2D eigenvalue weighted by Gasteiger charge is 2.52. The van der Waals surface area contributed by atoms with Crippen molar-refractivity contribution >= 4 is 22.5 Å². The lowest BCUT2D eigenvalue weighted by atomic mass is 9.94. The van der Waals surface area contributed by atoms with Gasteiger partial charge in [0.1, 0.15) is 0 Å². The molecule has 1 aliphatic carbocycles. The average molecular weight is 320 g/mol. The summed E-state index contributed by atoms with van der Waals surface area (Å²) >= 11 is 0. The van der Waals surface area contributed by atoms with E-state index in [-0.39, 0.29) is 12.7 Å². The lowest BCUT2D eigenvalue weighted by molar-refractivity contribution is -0.118. The third kappa shape index (κ3) is 1.91. The van der Waals surface area contributed by atoms with Crippen LogP contribution in [0.5, 0.6) is 11.5 Å². The van der Waals surface area contributed by atoms with Gasteiger partial charge in [-0.05, 0) is 36.6 Å². The van der Waals surface area contributed by atoms with Gasteiger partial charge in [0.25, 0.3) is 0 Å². The van der Waals surface area contributed by atoms with E-state index in [9.17, 15) is 4.79 Å². The number of carbonyl (C=O) groups is 1. The molecule has 2 N–H and O–H groups in total. The van der Waals surface area contributed by atoms with Gasteiger partial charge in [0.15, 0.2) is 11.5 Å². The Kier molecular flexibility index (Phi) is 2.68. The predicted molar refractivity (Wildman–Crippen MR) is 90.4 cm³/mol. The van der Waals surface area contributed by atoms with Crippen LogP contribution in [0.25, 0.3) is 10.9 Å². The van der Waals surface area contributed by atoms with E-state index in [1.165, 1.54) is 0 Å². The van der Waals surface area contributed by atoms with Crippen LogP contribution in [0.1, 0.15) is 18.4 Å². The molecule has 2 heterocycles. The van der Waals surface area contributed by atoms with Gasteiger partial charge < -0.3 is 19.8 Å². The first-order valence-electron chi connectivity index (χ1n) is 8.04. The number of hydrogen-bond acceptors (Lipinski definition) is 3. The van der Waals surface area contributed by atoms with E-state index in [2.05, 4.69) is 16.4 Å². The van der Waals surface area contributed by atoms with Crippen molar-refractivity contribution in [3.8, 4) is 11.5 Å². The Hall–Kier alpha value is -2.95. The Bertz CT molecular complexity index is 956. The molecule has 3 aromatic rings. The fraction of sp³-hybridized carbons (Fsp3) is 0.211. The third-order valence-corrected chi connectivity index (χ3v) is 4.92. The van der Waals surface area contributed by atoms with E-state index in [4.69, 9.17) is 9.47 Å². The molecule has 0 radical (unpaired) electrons. The normalized spacial score (nSPS) is 17.0. The van der Waals surface area contributed by atoms with Crippen LogP contribution in [0, 0.1) is 0 Å². The van der Waals surface area contributed by atoms with Crippen molar-refractivity contribution in [2.75, 3.05) is 12.1 Å². The highest BCUT2D eigenvalue weighted by Crippen LogP contribution is 2.51. The monoisotopic (exact) mass is 320 g/mol. The minimum absolute atomic E-state index is 0.0334. The number of fused-ring (bicyclic) bond motifs is 2. The van der Waals surface area contributed by atoms with Gasteiger partial charge in [0.2, 0.25) is 12.7 Å². The Balaban J connectivity index is 1.46. The van der Waals surface area contributed by atoms with Crippen molar-refractivity contribution in [3.05, 3.63) is 54.2 Å². The number of H-pyrrole nitrogens is 1. The van der Waals surface area contributed by atoms with Crippen molar-refractivity contribution in [2.24, 2.45) is 0 Å². The lowest BCUT2D eigenvalue weighted by Gasteiger charge is -2.15. The fourth-order valence-electron chi connectivity index (χ4n) is 3.44. The maximum atomic E-state index is 12.9. The van der Waals surface area contributed by atoms with Gasteiger partial charge in [0.05, 0.1) is 5.41 Å².